The maximum Gasteiger partial charge on any atom is 0.338 e. The average molecular weight is 485 g/mol. The van der Waals surface area contributed by atoms with Crippen molar-refractivity contribution in [2.75, 3.05) is 10.2 Å². The number of imide groups is 1. The second kappa shape index (κ2) is 9.03. The molecule has 0 saturated carbocycles. The van der Waals surface area contributed by atoms with Crippen LogP contribution in [0, 0.1) is 11.6 Å². The van der Waals surface area contributed by atoms with E-state index in [1.165, 1.54) is 37.3 Å². The molecule has 0 bridgehead atoms. The van der Waals surface area contributed by atoms with Gasteiger partial charge in [0.1, 0.15) is 11.6 Å². The van der Waals surface area contributed by atoms with Crippen molar-refractivity contribution in [1.82, 2.24) is 0 Å². The first-order valence-corrected chi connectivity index (χ1v) is 10.3. The lowest BCUT2D eigenvalue weighted by Gasteiger charge is -2.15. The Morgan fingerprint density at radius 1 is 0.971 bits per heavy atom. The molecule has 4 rings (SSSR count). The van der Waals surface area contributed by atoms with Crippen LogP contribution in [0.4, 0.5) is 20.2 Å². The quantitative estimate of drug-likeness (QED) is 0.422. The van der Waals surface area contributed by atoms with Crippen molar-refractivity contribution in [3.63, 3.8) is 0 Å². The first-order chi connectivity index (χ1) is 16.2. The molecule has 7 nitrogen and oxygen atoms in total. The maximum absolute atomic E-state index is 13.7. The Balaban J connectivity index is 1.50. The third-order valence-corrected chi connectivity index (χ3v) is 5.38. The largest absolute Gasteiger partial charge is 0.449 e. The molecule has 0 spiro atoms. The first kappa shape index (κ1) is 23.1. The van der Waals surface area contributed by atoms with Crippen molar-refractivity contribution >= 4 is 46.7 Å². The van der Waals surface area contributed by atoms with E-state index < -0.39 is 41.4 Å². The third-order valence-electron chi connectivity index (χ3n) is 5.06. The molecule has 1 unspecified atom stereocenters. The number of fused-ring (bicyclic) bond motifs is 1. The second-order valence-electron chi connectivity index (χ2n) is 7.32. The van der Waals surface area contributed by atoms with E-state index in [1.807, 2.05) is 0 Å². The van der Waals surface area contributed by atoms with Gasteiger partial charge in [-0.25, -0.2) is 18.5 Å². The van der Waals surface area contributed by atoms with E-state index in [4.69, 9.17) is 16.3 Å². The second-order valence-corrected chi connectivity index (χ2v) is 7.73. The van der Waals surface area contributed by atoms with Crippen LogP contribution in [-0.4, -0.2) is 29.8 Å². The standard InChI is InChI=1S/C24H15ClF2N2O5/c1-12(21(30)28-19-9-7-14(26)11-18(19)27)34-24(33)13-6-8-15-16(10-13)23(32)29(22(15)31)20-5-3-2-4-17(20)25/h2-12H,1H3,(H,28,30). The number of rotatable bonds is 5. The van der Waals surface area contributed by atoms with Gasteiger partial charge in [0, 0.05) is 6.07 Å². The Morgan fingerprint density at radius 3 is 2.38 bits per heavy atom. The number of para-hydroxylation sites is 1. The van der Waals surface area contributed by atoms with Crippen LogP contribution in [-0.2, 0) is 9.53 Å². The van der Waals surface area contributed by atoms with E-state index in [0.717, 1.165) is 17.0 Å². The van der Waals surface area contributed by atoms with Gasteiger partial charge in [-0.3, -0.25) is 14.4 Å². The van der Waals surface area contributed by atoms with Crippen molar-refractivity contribution < 1.29 is 32.7 Å². The van der Waals surface area contributed by atoms with E-state index in [-0.39, 0.29) is 33.1 Å². The fourth-order valence-electron chi connectivity index (χ4n) is 3.33. The van der Waals surface area contributed by atoms with Gasteiger partial charge in [-0.2, -0.15) is 0 Å². The lowest BCUT2D eigenvalue weighted by Crippen LogP contribution is -2.30. The van der Waals surface area contributed by atoms with Gasteiger partial charge < -0.3 is 10.1 Å². The summed E-state index contributed by atoms with van der Waals surface area (Å²) in [4.78, 5) is 51.4. The summed E-state index contributed by atoms with van der Waals surface area (Å²) < 4.78 is 31.9. The molecule has 1 aliphatic heterocycles. The van der Waals surface area contributed by atoms with Crippen LogP contribution in [0.5, 0.6) is 0 Å². The zero-order chi connectivity index (χ0) is 24.6. The third kappa shape index (κ3) is 4.25. The topological polar surface area (TPSA) is 92.8 Å². The van der Waals surface area contributed by atoms with Gasteiger partial charge in [-0.1, -0.05) is 23.7 Å². The summed E-state index contributed by atoms with van der Waals surface area (Å²) in [6, 6.07) is 12.7. The number of hydrogen-bond donors (Lipinski definition) is 1. The summed E-state index contributed by atoms with van der Waals surface area (Å²) in [5, 5.41) is 2.40. The highest BCUT2D eigenvalue weighted by molar-refractivity contribution is 6.39. The number of halogens is 3. The van der Waals surface area contributed by atoms with Crippen LogP contribution in [0.3, 0.4) is 0 Å². The molecule has 10 heteroatoms. The number of nitrogens with one attached hydrogen (secondary N) is 1. The monoisotopic (exact) mass is 484 g/mol. The number of ether oxygens (including phenoxy) is 1. The van der Waals surface area contributed by atoms with Crippen LogP contribution in [0.1, 0.15) is 38.0 Å². The van der Waals surface area contributed by atoms with Gasteiger partial charge in [0.25, 0.3) is 17.7 Å². The van der Waals surface area contributed by atoms with Crippen molar-refractivity contribution in [2.45, 2.75) is 13.0 Å². The molecule has 1 aliphatic rings. The van der Waals surface area contributed by atoms with Crippen LogP contribution in [0.15, 0.2) is 60.7 Å². The Morgan fingerprint density at radius 2 is 1.68 bits per heavy atom. The number of anilines is 2. The zero-order valence-corrected chi connectivity index (χ0v) is 18.2. The van der Waals surface area contributed by atoms with Crippen LogP contribution in [0.2, 0.25) is 5.02 Å². The van der Waals surface area contributed by atoms with Gasteiger partial charge in [0.2, 0.25) is 0 Å². The highest BCUT2D eigenvalue weighted by Gasteiger charge is 2.38. The highest BCUT2D eigenvalue weighted by atomic mass is 35.5. The molecule has 1 atom stereocenters. The number of esters is 1. The molecule has 3 amide bonds. The summed E-state index contributed by atoms with van der Waals surface area (Å²) in [5.74, 6) is -4.86. The molecule has 3 aromatic rings. The normalized spacial score (nSPS) is 13.5. The molecule has 34 heavy (non-hydrogen) atoms. The van der Waals surface area contributed by atoms with Crippen LogP contribution < -0.4 is 10.2 Å². The van der Waals surface area contributed by atoms with Crippen molar-refractivity contribution in [1.29, 1.82) is 0 Å². The summed E-state index contributed by atoms with van der Waals surface area (Å²) >= 11 is 6.12. The molecular formula is C24H15ClF2N2O5. The molecule has 1 N–H and O–H groups in total. The molecule has 1 heterocycles. The first-order valence-electron chi connectivity index (χ1n) is 9.91. The lowest BCUT2D eigenvalue weighted by molar-refractivity contribution is -0.123. The predicted molar refractivity (Wildman–Crippen MR) is 119 cm³/mol. The predicted octanol–water partition coefficient (Wildman–Crippen LogP) is 4.60. The van der Waals surface area contributed by atoms with Crippen molar-refractivity contribution in [3.05, 3.63) is 94.0 Å². The summed E-state index contributed by atoms with van der Waals surface area (Å²) in [5.41, 5.74) is -0.0918. The number of amides is 3. The fraction of sp³-hybridized carbons (Fsp3) is 0.0833. The minimum absolute atomic E-state index is 0.0233. The number of hydrogen-bond acceptors (Lipinski definition) is 5. The van der Waals surface area contributed by atoms with E-state index in [9.17, 15) is 28.0 Å². The number of benzene rings is 3. The molecule has 0 aromatic heterocycles. The molecule has 172 valence electrons. The Labute approximate surface area is 196 Å². The number of carbonyl (C=O) groups excluding carboxylic acids is 4. The van der Waals surface area contributed by atoms with Crippen molar-refractivity contribution in [3.8, 4) is 0 Å². The molecule has 0 radical (unpaired) electrons. The lowest BCUT2D eigenvalue weighted by atomic mass is 10.1. The summed E-state index contributed by atoms with van der Waals surface area (Å²) in [6.07, 6.45) is -1.35. The van der Waals surface area contributed by atoms with Crippen molar-refractivity contribution in [2.24, 2.45) is 0 Å². The fourth-order valence-corrected chi connectivity index (χ4v) is 3.55. The van der Waals surface area contributed by atoms with Crippen LogP contribution >= 0.6 is 11.6 Å². The van der Waals surface area contributed by atoms with Gasteiger partial charge in [-0.15, -0.1) is 0 Å². The van der Waals surface area contributed by atoms with Gasteiger partial charge in [0.15, 0.2) is 6.10 Å². The zero-order valence-electron chi connectivity index (χ0n) is 17.5. The number of nitrogens with zero attached hydrogens (tertiary/aromatic N) is 1. The van der Waals surface area contributed by atoms with E-state index in [0.29, 0.717) is 6.07 Å². The Bertz CT molecular complexity index is 1360. The Kier molecular flexibility index (Phi) is 6.12. The maximum atomic E-state index is 13.7. The Hall–Kier alpha value is -4.11. The van der Waals surface area contributed by atoms with E-state index in [1.54, 1.807) is 12.1 Å². The molecule has 3 aromatic carbocycles. The van der Waals surface area contributed by atoms with Gasteiger partial charge in [-0.05, 0) is 49.4 Å². The van der Waals surface area contributed by atoms with E-state index >= 15 is 0 Å². The SMILES string of the molecule is CC(OC(=O)c1ccc2c(c1)C(=O)N(c1ccccc1Cl)C2=O)C(=O)Nc1ccc(F)cc1F. The number of carbonyl (C=O) groups is 4. The summed E-state index contributed by atoms with van der Waals surface area (Å²) in [7, 11) is 0. The average Bonchev–Trinajstić information content (AvgIpc) is 3.05. The molecular weight excluding hydrogens is 470 g/mol. The smallest absolute Gasteiger partial charge is 0.338 e. The molecule has 0 fully saturated rings. The van der Waals surface area contributed by atoms with E-state index in [2.05, 4.69) is 5.32 Å². The minimum atomic E-state index is -1.35. The molecule has 0 saturated heterocycles. The molecule has 0 aliphatic carbocycles. The van der Waals surface area contributed by atoms with Gasteiger partial charge >= 0.3 is 5.97 Å². The minimum Gasteiger partial charge on any atom is -0.449 e. The highest BCUT2D eigenvalue weighted by Crippen LogP contribution is 2.33. The van der Waals surface area contributed by atoms with Gasteiger partial charge in [0.05, 0.1) is 33.1 Å². The van der Waals surface area contributed by atoms with Crippen LogP contribution in [0.25, 0.3) is 0 Å². The summed E-state index contributed by atoms with van der Waals surface area (Å²) in [6.45, 7) is 1.26.